The number of para-hydroxylation sites is 1. The molecule has 0 aromatic heterocycles. The lowest BCUT2D eigenvalue weighted by Crippen LogP contribution is -2.58. The SMILES string of the molecule is O=C(Nc1ccccc1)C12C[C@H]3C[C@@H](C1)CC(P(=O)(Cl)Cl)(C3)C2. The van der Waals surface area contributed by atoms with Gasteiger partial charge in [0.25, 0.3) is 5.85 Å². The Kier molecular flexibility index (Phi) is 3.65. The van der Waals surface area contributed by atoms with Crippen molar-refractivity contribution >= 4 is 39.9 Å². The molecule has 6 heteroatoms. The lowest BCUT2D eigenvalue weighted by molar-refractivity contribution is -0.138. The predicted molar refractivity (Wildman–Crippen MR) is 94.2 cm³/mol. The Labute approximate surface area is 146 Å². The zero-order valence-electron chi connectivity index (χ0n) is 12.8. The van der Waals surface area contributed by atoms with Gasteiger partial charge in [-0.2, -0.15) is 0 Å². The van der Waals surface area contributed by atoms with E-state index in [1.807, 2.05) is 30.3 Å². The minimum Gasteiger partial charge on any atom is -0.326 e. The highest BCUT2D eigenvalue weighted by Crippen LogP contribution is 2.79. The largest absolute Gasteiger partial charge is 0.326 e. The maximum atomic E-state index is 13.0. The van der Waals surface area contributed by atoms with E-state index in [9.17, 15) is 9.36 Å². The molecular formula is C17H20Cl2NO2P. The van der Waals surface area contributed by atoms with Crippen molar-refractivity contribution < 1.29 is 9.36 Å². The van der Waals surface area contributed by atoms with Crippen molar-refractivity contribution in [3.05, 3.63) is 30.3 Å². The number of carbonyl (C=O) groups is 1. The minimum atomic E-state index is -3.27. The molecule has 5 rings (SSSR count). The number of rotatable bonds is 3. The van der Waals surface area contributed by atoms with E-state index >= 15 is 0 Å². The van der Waals surface area contributed by atoms with Crippen LogP contribution in [0.4, 0.5) is 5.69 Å². The van der Waals surface area contributed by atoms with E-state index in [4.69, 9.17) is 22.5 Å². The molecule has 0 saturated heterocycles. The van der Waals surface area contributed by atoms with Crippen molar-refractivity contribution in [1.82, 2.24) is 0 Å². The number of amides is 1. The van der Waals surface area contributed by atoms with Crippen LogP contribution >= 0.6 is 28.3 Å². The third-order valence-corrected chi connectivity index (χ3v) is 9.87. The Morgan fingerprint density at radius 3 is 2.26 bits per heavy atom. The molecule has 1 N–H and O–H groups in total. The van der Waals surface area contributed by atoms with Crippen molar-refractivity contribution in [3.63, 3.8) is 0 Å². The predicted octanol–water partition coefficient (Wildman–Crippen LogP) is 5.63. The number of nitrogens with one attached hydrogen (secondary N) is 1. The van der Waals surface area contributed by atoms with E-state index in [0.29, 0.717) is 18.3 Å². The molecule has 1 aromatic carbocycles. The van der Waals surface area contributed by atoms with Crippen LogP contribution in [0.5, 0.6) is 0 Å². The van der Waals surface area contributed by atoms with Crippen LogP contribution in [-0.4, -0.2) is 11.1 Å². The minimum absolute atomic E-state index is 0.0453. The Morgan fingerprint density at radius 1 is 1.09 bits per heavy atom. The first-order valence-corrected chi connectivity index (χ1v) is 11.7. The van der Waals surface area contributed by atoms with Crippen LogP contribution < -0.4 is 5.32 Å². The van der Waals surface area contributed by atoms with Crippen LogP contribution in [0.25, 0.3) is 0 Å². The van der Waals surface area contributed by atoms with Crippen molar-refractivity contribution in [1.29, 1.82) is 0 Å². The maximum absolute atomic E-state index is 13.0. The number of halogens is 2. The van der Waals surface area contributed by atoms with E-state index in [1.165, 1.54) is 0 Å². The standard InChI is InChI=1S/C17H20Cl2NO2P/c18-23(19,22)17-9-12-6-13(10-17)8-16(7-12,11-17)15(21)20-14-4-2-1-3-5-14/h1-5,12-13H,6-11H2,(H,20,21)/t12-,13+,16?,17?. The number of anilines is 1. The fourth-order valence-corrected chi connectivity index (χ4v) is 8.18. The van der Waals surface area contributed by atoms with E-state index < -0.39 is 16.4 Å². The van der Waals surface area contributed by atoms with Gasteiger partial charge in [0.2, 0.25) is 5.91 Å². The van der Waals surface area contributed by atoms with E-state index in [0.717, 1.165) is 37.8 Å². The van der Waals surface area contributed by atoms with Gasteiger partial charge in [-0.3, -0.25) is 9.36 Å². The van der Waals surface area contributed by atoms with Gasteiger partial charge in [0.15, 0.2) is 0 Å². The van der Waals surface area contributed by atoms with Crippen LogP contribution in [-0.2, 0) is 9.36 Å². The third kappa shape index (κ3) is 2.56. The second kappa shape index (κ2) is 5.25. The summed E-state index contributed by atoms with van der Waals surface area (Å²) >= 11 is 12.3. The summed E-state index contributed by atoms with van der Waals surface area (Å²) in [6.45, 7) is 0. The van der Waals surface area contributed by atoms with Gasteiger partial charge in [-0.15, -0.1) is 0 Å². The first-order chi connectivity index (χ1) is 10.8. The molecule has 4 fully saturated rings. The Bertz CT molecular complexity index is 673. The molecule has 4 aliphatic rings. The number of carbonyl (C=O) groups excluding carboxylic acids is 1. The molecule has 124 valence electrons. The van der Waals surface area contributed by atoms with Gasteiger partial charge in [0, 0.05) is 5.69 Å². The van der Waals surface area contributed by atoms with Gasteiger partial charge in [-0.1, -0.05) is 18.2 Å². The topological polar surface area (TPSA) is 46.2 Å². The summed E-state index contributed by atoms with van der Waals surface area (Å²) in [4.78, 5) is 13.0. The van der Waals surface area contributed by atoms with Gasteiger partial charge in [-0.25, -0.2) is 0 Å². The molecule has 1 amide bonds. The number of benzene rings is 1. The van der Waals surface area contributed by atoms with Gasteiger partial charge in [0.05, 0.1) is 10.6 Å². The number of hydrogen-bond donors (Lipinski definition) is 1. The molecule has 4 bridgehead atoms. The Morgan fingerprint density at radius 2 is 1.70 bits per heavy atom. The molecule has 0 heterocycles. The highest BCUT2D eigenvalue weighted by atomic mass is 35.9. The summed E-state index contributed by atoms with van der Waals surface area (Å²) < 4.78 is 12.6. The average Bonchev–Trinajstić information content (AvgIpc) is 2.45. The number of hydrogen-bond acceptors (Lipinski definition) is 2. The van der Waals surface area contributed by atoms with Crippen LogP contribution in [0.15, 0.2) is 30.3 Å². The van der Waals surface area contributed by atoms with Crippen molar-refractivity contribution in [2.24, 2.45) is 17.3 Å². The van der Waals surface area contributed by atoms with Crippen molar-refractivity contribution in [2.45, 2.75) is 43.7 Å². The summed E-state index contributed by atoms with van der Waals surface area (Å²) in [6, 6.07) is 9.52. The van der Waals surface area contributed by atoms with Crippen LogP contribution in [0.3, 0.4) is 0 Å². The highest BCUT2D eigenvalue weighted by molar-refractivity contribution is 8.09. The van der Waals surface area contributed by atoms with Gasteiger partial charge in [-0.05, 0) is 85.0 Å². The Balaban J connectivity index is 1.65. The highest BCUT2D eigenvalue weighted by Gasteiger charge is 2.65. The van der Waals surface area contributed by atoms with Gasteiger partial charge in [0.1, 0.15) is 0 Å². The van der Waals surface area contributed by atoms with Gasteiger partial charge >= 0.3 is 0 Å². The zero-order chi connectivity index (χ0) is 16.3. The molecule has 2 unspecified atom stereocenters. The smallest absolute Gasteiger partial charge is 0.259 e. The van der Waals surface area contributed by atoms with Crippen molar-refractivity contribution in [2.75, 3.05) is 5.32 Å². The fourth-order valence-electron chi connectivity index (χ4n) is 5.57. The Hall–Kier alpha value is -0.500. The molecule has 4 aliphatic carbocycles. The van der Waals surface area contributed by atoms with Crippen LogP contribution in [0.1, 0.15) is 38.5 Å². The molecule has 0 spiro atoms. The quantitative estimate of drug-likeness (QED) is 0.699. The molecule has 0 aliphatic heterocycles. The molecule has 3 nitrogen and oxygen atoms in total. The molecular weight excluding hydrogens is 352 g/mol. The molecule has 4 saturated carbocycles. The molecule has 1 aromatic rings. The first kappa shape index (κ1) is 16.0. The molecule has 0 radical (unpaired) electrons. The fraction of sp³-hybridized carbons (Fsp3) is 0.588. The van der Waals surface area contributed by atoms with Crippen molar-refractivity contribution in [3.8, 4) is 0 Å². The summed E-state index contributed by atoms with van der Waals surface area (Å²) in [6.07, 6.45) is 5.06. The second-order valence-corrected chi connectivity index (χ2v) is 13.0. The van der Waals surface area contributed by atoms with E-state index in [-0.39, 0.29) is 5.91 Å². The van der Waals surface area contributed by atoms with E-state index in [2.05, 4.69) is 5.32 Å². The monoisotopic (exact) mass is 371 g/mol. The average molecular weight is 372 g/mol. The first-order valence-electron chi connectivity index (χ1n) is 8.18. The summed E-state index contributed by atoms with van der Waals surface area (Å²) in [5, 5.41) is 2.51. The van der Waals surface area contributed by atoms with E-state index in [1.54, 1.807) is 0 Å². The molecule has 4 atom stereocenters. The maximum Gasteiger partial charge on any atom is 0.259 e. The summed E-state index contributed by atoms with van der Waals surface area (Å²) in [5.41, 5.74) is 0.349. The van der Waals surface area contributed by atoms with Gasteiger partial charge < -0.3 is 5.32 Å². The normalized spacial score (nSPS) is 38.5. The zero-order valence-corrected chi connectivity index (χ0v) is 15.2. The third-order valence-electron chi connectivity index (χ3n) is 6.10. The van der Waals surface area contributed by atoms with Crippen LogP contribution in [0, 0.1) is 17.3 Å². The lowest BCUT2D eigenvalue weighted by Gasteiger charge is -2.61. The van der Waals surface area contributed by atoms with Crippen LogP contribution in [0.2, 0.25) is 0 Å². The lowest BCUT2D eigenvalue weighted by atomic mass is 9.49. The molecule has 23 heavy (non-hydrogen) atoms. The summed E-state index contributed by atoms with van der Waals surface area (Å²) in [5.74, 6) is -2.38. The summed E-state index contributed by atoms with van der Waals surface area (Å²) in [7, 11) is 0. The second-order valence-electron chi connectivity index (χ2n) is 7.75.